The number of hydrogen-bond donors (Lipinski definition) is 2. The topological polar surface area (TPSA) is 58.6 Å². The van der Waals surface area contributed by atoms with Gasteiger partial charge in [-0.25, -0.2) is 0 Å². The number of fused-ring (bicyclic) bond motifs is 3. The van der Waals surface area contributed by atoms with Gasteiger partial charge >= 0.3 is 5.97 Å². The molecule has 4 heteroatoms. The van der Waals surface area contributed by atoms with Crippen molar-refractivity contribution in [3.05, 3.63) is 108 Å². The van der Waals surface area contributed by atoms with Crippen molar-refractivity contribution >= 4 is 5.97 Å². The molecule has 3 aromatic rings. The fourth-order valence-electron chi connectivity index (χ4n) is 4.81. The van der Waals surface area contributed by atoms with Crippen molar-refractivity contribution in [2.45, 2.75) is 25.4 Å². The van der Waals surface area contributed by atoms with E-state index in [0.717, 1.165) is 27.8 Å². The molecule has 4 nitrogen and oxygen atoms in total. The molecule has 1 aliphatic carbocycles. The van der Waals surface area contributed by atoms with E-state index in [1.807, 2.05) is 62.4 Å². The summed E-state index contributed by atoms with van der Waals surface area (Å²) in [4.78, 5) is 13.1. The normalized spacial score (nSPS) is 15.2. The number of aliphatic hydroxyl groups is 1. The molecular formula is C28H29NO3. The number of carbonyl (C=O) groups excluding carboxylic acids is 1. The lowest BCUT2D eigenvalue weighted by Crippen LogP contribution is -2.57. The van der Waals surface area contributed by atoms with E-state index in [4.69, 9.17) is 4.74 Å². The van der Waals surface area contributed by atoms with Gasteiger partial charge in [-0.1, -0.05) is 105 Å². The molecule has 0 saturated carbocycles. The monoisotopic (exact) mass is 427 g/mol. The number of esters is 1. The maximum absolute atomic E-state index is 13.1. The summed E-state index contributed by atoms with van der Waals surface area (Å²) in [5.74, 6) is -0.352. The first-order valence-corrected chi connectivity index (χ1v) is 10.8. The van der Waals surface area contributed by atoms with E-state index in [1.165, 1.54) is 7.11 Å². The lowest BCUT2D eigenvalue weighted by atomic mass is 9.76. The average Bonchev–Trinajstić information content (AvgIpc) is 3.12. The van der Waals surface area contributed by atoms with Gasteiger partial charge in [0, 0.05) is 5.41 Å². The Kier molecular flexibility index (Phi) is 6.00. The average molecular weight is 428 g/mol. The van der Waals surface area contributed by atoms with Crippen molar-refractivity contribution in [2.24, 2.45) is 5.41 Å². The molecule has 164 valence electrons. The van der Waals surface area contributed by atoms with Crippen LogP contribution in [0.15, 0.2) is 91.0 Å². The number of hydrogen-bond acceptors (Lipinski definition) is 4. The third-order valence-corrected chi connectivity index (χ3v) is 6.35. The molecule has 0 fully saturated rings. The first kappa shape index (κ1) is 22.0. The number of benzene rings is 3. The molecule has 0 heterocycles. The maximum atomic E-state index is 13.1. The summed E-state index contributed by atoms with van der Waals surface area (Å²) in [6.45, 7) is 3.85. The highest BCUT2D eigenvalue weighted by atomic mass is 16.5. The van der Waals surface area contributed by atoms with Crippen LogP contribution in [0.25, 0.3) is 11.1 Å². The highest BCUT2D eigenvalue weighted by Crippen LogP contribution is 2.51. The van der Waals surface area contributed by atoms with Gasteiger partial charge in [0.05, 0.1) is 19.3 Å². The van der Waals surface area contributed by atoms with Gasteiger partial charge in [0.25, 0.3) is 0 Å². The van der Waals surface area contributed by atoms with E-state index in [-0.39, 0.29) is 12.6 Å². The van der Waals surface area contributed by atoms with E-state index >= 15 is 0 Å². The minimum absolute atomic E-state index is 0.0905. The molecule has 0 bridgehead atoms. The third kappa shape index (κ3) is 3.56. The summed E-state index contributed by atoms with van der Waals surface area (Å²) in [5.41, 5.74) is 4.18. The fraction of sp³-hybridized carbons (Fsp3) is 0.250. The van der Waals surface area contributed by atoms with E-state index in [2.05, 4.69) is 41.7 Å². The van der Waals surface area contributed by atoms with Crippen LogP contribution in [0.1, 0.15) is 30.5 Å². The molecule has 3 aromatic carbocycles. The fourth-order valence-corrected chi connectivity index (χ4v) is 4.81. The first-order valence-electron chi connectivity index (χ1n) is 10.8. The highest BCUT2D eigenvalue weighted by Gasteiger charge is 2.49. The van der Waals surface area contributed by atoms with Crippen LogP contribution in [0.5, 0.6) is 0 Å². The predicted molar refractivity (Wildman–Crippen MR) is 127 cm³/mol. The lowest BCUT2D eigenvalue weighted by Gasteiger charge is -2.41. The van der Waals surface area contributed by atoms with Crippen LogP contribution >= 0.6 is 0 Å². The zero-order valence-electron chi connectivity index (χ0n) is 18.7. The molecule has 32 heavy (non-hydrogen) atoms. The van der Waals surface area contributed by atoms with E-state index in [0.29, 0.717) is 0 Å². The minimum atomic E-state index is -0.738. The number of carbonyl (C=O) groups is 1. The summed E-state index contributed by atoms with van der Waals surface area (Å²) < 4.78 is 5.25. The van der Waals surface area contributed by atoms with Gasteiger partial charge in [-0.2, -0.15) is 0 Å². The Balaban J connectivity index is 1.99. The van der Waals surface area contributed by atoms with Gasteiger partial charge in [0.2, 0.25) is 0 Å². The van der Waals surface area contributed by atoms with Crippen LogP contribution < -0.4 is 5.32 Å². The Hall–Kier alpha value is -3.21. The largest absolute Gasteiger partial charge is 0.468 e. The number of ether oxygens (including phenoxy) is 1. The van der Waals surface area contributed by atoms with Crippen LogP contribution in [0, 0.1) is 5.41 Å². The van der Waals surface area contributed by atoms with Gasteiger partial charge in [-0.05, 0) is 27.8 Å². The van der Waals surface area contributed by atoms with Crippen molar-refractivity contribution in [2.75, 3.05) is 13.7 Å². The molecule has 1 atom stereocenters. The second-order valence-corrected chi connectivity index (χ2v) is 8.71. The van der Waals surface area contributed by atoms with Crippen molar-refractivity contribution in [1.29, 1.82) is 0 Å². The van der Waals surface area contributed by atoms with Gasteiger partial charge in [0.1, 0.15) is 6.04 Å². The summed E-state index contributed by atoms with van der Waals surface area (Å²) in [5, 5.41) is 13.1. The van der Waals surface area contributed by atoms with Crippen LogP contribution in [0.2, 0.25) is 0 Å². The van der Waals surface area contributed by atoms with Gasteiger partial charge < -0.3 is 9.84 Å². The number of rotatable bonds is 7. The van der Waals surface area contributed by atoms with E-state index < -0.39 is 17.0 Å². The van der Waals surface area contributed by atoms with Gasteiger partial charge in [0.15, 0.2) is 0 Å². The number of nitrogens with one attached hydrogen (secondary N) is 1. The Morgan fingerprint density at radius 2 is 1.50 bits per heavy atom. The summed E-state index contributed by atoms with van der Waals surface area (Å²) in [6, 6.07) is 26.2. The SMILES string of the molecule is COC(=O)[C@H](NC1(c2ccccc2)c2ccccc2-c2ccccc21)C(C)(C)/C=C/CO. The zero-order valence-corrected chi connectivity index (χ0v) is 18.7. The quantitative estimate of drug-likeness (QED) is 0.425. The molecule has 0 spiro atoms. The number of methoxy groups -OCH3 is 1. The third-order valence-electron chi connectivity index (χ3n) is 6.35. The van der Waals surface area contributed by atoms with Crippen LogP contribution in [-0.2, 0) is 15.1 Å². The summed E-state index contributed by atoms with van der Waals surface area (Å²) in [7, 11) is 1.41. The molecule has 0 amide bonds. The second-order valence-electron chi connectivity index (χ2n) is 8.71. The molecule has 0 aromatic heterocycles. The summed E-state index contributed by atoms with van der Waals surface area (Å²) >= 11 is 0. The van der Waals surface area contributed by atoms with Crippen molar-refractivity contribution in [1.82, 2.24) is 5.32 Å². The van der Waals surface area contributed by atoms with Gasteiger partial charge in [-0.3, -0.25) is 10.1 Å². The van der Waals surface area contributed by atoms with Crippen LogP contribution in [-0.4, -0.2) is 30.8 Å². The van der Waals surface area contributed by atoms with Crippen LogP contribution in [0.4, 0.5) is 0 Å². The van der Waals surface area contributed by atoms with E-state index in [9.17, 15) is 9.90 Å². The highest BCUT2D eigenvalue weighted by molar-refractivity contribution is 5.84. The van der Waals surface area contributed by atoms with E-state index in [1.54, 1.807) is 6.08 Å². The van der Waals surface area contributed by atoms with Crippen molar-refractivity contribution < 1.29 is 14.6 Å². The molecule has 0 unspecified atom stereocenters. The predicted octanol–water partition coefficient (Wildman–Crippen LogP) is 4.66. The zero-order chi connectivity index (χ0) is 22.8. The van der Waals surface area contributed by atoms with Crippen LogP contribution in [0.3, 0.4) is 0 Å². The lowest BCUT2D eigenvalue weighted by molar-refractivity contribution is -0.146. The van der Waals surface area contributed by atoms with Crippen molar-refractivity contribution in [3.8, 4) is 11.1 Å². The molecule has 1 aliphatic rings. The molecule has 0 saturated heterocycles. The molecule has 4 rings (SSSR count). The molecule has 0 radical (unpaired) electrons. The molecule has 0 aliphatic heterocycles. The second kappa shape index (κ2) is 8.73. The van der Waals surface area contributed by atoms with Crippen molar-refractivity contribution in [3.63, 3.8) is 0 Å². The smallest absolute Gasteiger partial charge is 0.323 e. The maximum Gasteiger partial charge on any atom is 0.323 e. The Morgan fingerprint density at radius 1 is 0.969 bits per heavy atom. The Morgan fingerprint density at radius 3 is 2.03 bits per heavy atom. The Labute approximate surface area is 189 Å². The standard InChI is InChI=1S/C28H29NO3/c1-27(2,18-11-19-30)25(26(31)32-3)29-28(20-12-5-4-6-13-20)23-16-9-7-14-21(23)22-15-8-10-17-24(22)28/h4-18,25,29-30H,19H2,1-3H3/b18-11+/t25-/m0/s1. The molecule has 2 N–H and O–H groups in total. The van der Waals surface area contributed by atoms with Gasteiger partial charge in [-0.15, -0.1) is 0 Å². The number of aliphatic hydroxyl groups excluding tert-OH is 1. The minimum Gasteiger partial charge on any atom is -0.468 e. The summed E-state index contributed by atoms with van der Waals surface area (Å²) in [6.07, 6.45) is 3.54. The molecular weight excluding hydrogens is 398 g/mol. The first-order chi connectivity index (χ1) is 15.5. The Bertz CT molecular complexity index is 1090.